The van der Waals surface area contributed by atoms with Crippen molar-refractivity contribution in [1.82, 2.24) is 15.1 Å². The highest BCUT2D eigenvalue weighted by atomic mass is 16.5. The van der Waals surface area contributed by atoms with E-state index in [0.717, 1.165) is 12.0 Å². The van der Waals surface area contributed by atoms with Gasteiger partial charge in [-0.1, -0.05) is 30.3 Å². The van der Waals surface area contributed by atoms with E-state index in [1.807, 2.05) is 30.3 Å². The molecule has 0 saturated carbocycles. The van der Waals surface area contributed by atoms with Crippen molar-refractivity contribution < 1.29 is 28.7 Å². The molecule has 0 radical (unpaired) electrons. The van der Waals surface area contributed by atoms with Crippen LogP contribution in [-0.2, 0) is 35.1 Å². The van der Waals surface area contributed by atoms with E-state index in [1.165, 1.54) is 6.92 Å². The van der Waals surface area contributed by atoms with Crippen molar-refractivity contribution in [2.75, 3.05) is 26.3 Å². The molecule has 9 nitrogen and oxygen atoms in total. The second-order valence-corrected chi connectivity index (χ2v) is 9.55. The monoisotopic (exact) mass is 501 g/mol. The second-order valence-electron chi connectivity index (χ2n) is 9.55. The lowest BCUT2D eigenvalue weighted by Crippen LogP contribution is -2.58. The summed E-state index contributed by atoms with van der Waals surface area (Å²) in [5, 5.41) is 3.17. The van der Waals surface area contributed by atoms with Gasteiger partial charge >= 0.3 is 11.9 Å². The first-order valence-electron chi connectivity index (χ1n) is 13.0. The number of amides is 2. The van der Waals surface area contributed by atoms with Gasteiger partial charge in [0.2, 0.25) is 11.8 Å². The van der Waals surface area contributed by atoms with Gasteiger partial charge in [0.25, 0.3) is 0 Å². The third-order valence-corrected chi connectivity index (χ3v) is 7.16. The summed E-state index contributed by atoms with van der Waals surface area (Å²) in [6.07, 6.45) is 2.36. The normalized spacial score (nSPS) is 22.9. The fourth-order valence-corrected chi connectivity index (χ4v) is 5.32. The third kappa shape index (κ3) is 6.63. The summed E-state index contributed by atoms with van der Waals surface area (Å²) < 4.78 is 10.6. The Morgan fingerprint density at radius 2 is 1.78 bits per heavy atom. The van der Waals surface area contributed by atoms with Crippen LogP contribution < -0.4 is 5.32 Å². The topological polar surface area (TPSA) is 105 Å². The van der Waals surface area contributed by atoms with Crippen LogP contribution in [0.3, 0.4) is 0 Å². The first-order chi connectivity index (χ1) is 17.3. The molecule has 2 aliphatic heterocycles. The second kappa shape index (κ2) is 12.9. The van der Waals surface area contributed by atoms with Crippen LogP contribution in [0.25, 0.3) is 0 Å². The molecule has 0 unspecified atom stereocenters. The van der Waals surface area contributed by atoms with Crippen LogP contribution in [0.2, 0.25) is 0 Å². The van der Waals surface area contributed by atoms with E-state index in [1.54, 1.807) is 30.6 Å². The molecule has 0 bridgehead atoms. The van der Waals surface area contributed by atoms with Crippen LogP contribution in [0.4, 0.5) is 0 Å². The zero-order valence-electron chi connectivity index (χ0n) is 21.8. The van der Waals surface area contributed by atoms with Crippen LogP contribution in [0, 0.1) is 5.92 Å². The minimum absolute atomic E-state index is 0.0464. The van der Waals surface area contributed by atoms with Gasteiger partial charge in [0, 0.05) is 20.0 Å². The van der Waals surface area contributed by atoms with Gasteiger partial charge in [-0.15, -0.1) is 0 Å². The molecule has 1 N–H and O–H groups in total. The van der Waals surface area contributed by atoms with E-state index >= 15 is 0 Å². The largest absolute Gasteiger partial charge is 0.465 e. The van der Waals surface area contributed by atoms with E-state index in [0.29, 0.717) is 32.4 Å². The Hall–Kier alpha value is -2.94. The Kier molecular flexibility index (Phi) is 9.87. The number of ether oxygens (including phenoxy) is 2. The average molecular weight is 502 g/mol. The third-order valence-electron chi connectivity index (χ3n) is 7.16. The fraction of sp³-hybridized carbons (Fsp3) is 0.630. The van der Waals surface area contributed by atoms with Gasteiger partial charge in [0.1, 0.15) is 12.1 Å². The number of nitrogens with one attached hydrogen (secondary N) is 1. The molecular formula is C27H39N3O6. The van der Waals surface area contributed by atoms with Gasteiger partial charge in [-0.25, -0.2) is 4.79 Å². The number of fused-ring (bicyclic) bond motifs is 1. The van der Waals surface area contributed by atoms with Crippen molar-refractivity contribution in [3.8, 4) is 0 Å². The maximum Gasteiger partial charge on any atom is 0.328 e. The molecule has 0 aliphatic carbocycles. The van der Waals surface area contributed by atoms with Crippen molar-refractivity contribution in [2.24, 2.45) is 5.92 Å². The Morgan fingerprint density at radius 3 is 2.42 bits per heavy atom. The minimum atomic E-state index is -0.737. The number of aryl methyl sites for hydroxylation is 1. The summed E-state index contributed by atoms with van der Waals surface area (Å²) in [4.78, 5) is 54.7. The summed E-state index contributed by atoms with van der Waals surface area (Å²) in [6, 6.07) is 7.44. The molecule has 5 atom stereocenters. The van der Waals surface area contributed by atoms with Crippen molar-refractivity contribution >= 4 is 23.8 Å². The molecule has 36 heavy (non-hydrogen) atoms. The highest BCUT2D eigenvalue weighted by Gasteiger charge is 2.50. The fourth-order valence-electron chi connectivity index (χ4n) is 5.32. The Morgan fingerprint density at radius 1 is 1.08 bits per heavy atom. The highest BCUT2D eigenvalue weighted by Crippen LogP contribution is 2.37. The predicted molar refractivity (Wildman–Crippen MR) is 134 cm³/mol. The summed E-state index contributed by atoms with van der Waals surface area (Å²) in [5.74, 6) is -1.04. The van der Waals surface area contributed by atoms with Gasteiger partial charge in [-0.3, -0.25) is 19.7 Å². The number of hydrogen-bond acceptors (Lipinski definition) is 7. The number of carbonyl (C=O) groups excluding carboxylic acids is 4. The van der Waals surface area contributed by atoms with Gasteiger partial charge in [-0.05, 0) is 57.9 Å². The molecule has 198 valence electrons. The molecule has 2 fully saturated rings. The quantitative estimate of drug-likeness (QED) is 0.489. The number of benzene rings is 1. The first kappa shape index (κ1) is 27.6. The van der Waals surface area contributed by atoms with E-state index < -0.39 is 30.1 Å². The lowest BCUT2D eigenvalue weighted by molar-refractivity contribution is -0.156. The number of hydrogen-bond donors (Lipinski definition) is 1. The predicted octanol–water partition coefficient (Wildman–Crippen LogP) is 1.93. The molecule has 3 rings (SSSR count). The number of carbonyl (C=O) groups is 4. The molecule has 1 aromatic rings. The van der Waals surface area contributed by atoms with Crippen LogP contribution in [0.15, 0.2) is 30.3 Å². The first-order valence-corrected chi connectivity index (χ1v) is 13.0. The van der Waals surface area contributed by atoms with E-state index in [4.69, 9.17) is 9.47 Å². The Labute approximate surface area is 213 Å². The summed E-state index contributed by atoms with van der Waals surface area (Å²) in [5.41, 5.74) is 1.09. The van der Waals surface area contributed by atoms with E-state index in [2.05, 4.69) is 5.32 Å². The molecular weight excluding hydrogens is 462 g/mol. The van der Waals surface area contributed by atoms with Crippen LogP contribution >= 0.6 is 0 Å². The smallest absolute Gasteiger partial charge is 0.328 e. The van der Waals surface area contributed by atoms with Crippen molar-refractivity contribution in [1.29, 1.82) is 0 Å². The summed E-state index contributed by atoms with van der Waals surface area (Å²) >= 11 is 0. The SMILES string of the molecule is CCOC(=O)[C@H]1C[C@H]2CCN(C(C)=O)C[C@@H]2N1C(=O)[C@H](C)N[C@H](CCc1ccccc1)C(=O)OCC. The van der Waals surface area contributed by atoms with Gasteiger partial charge in [-0.2, -0.15) is 0 Å². The molecule has 2 heterocycles. The number of piperidine rings is 1. The van der Waals surface area contributed by atoms with E-state index in [9.17, 15) is 19.2 Å². The number of likely N-dealkylation sites (tertiary alicyclic amines) is 2. The zero-order valence-corrected chi connectivity index (χ0v) is 21.8. The van der Waals surface area contributed by atoms with Crippen LogP contribution in [0.5, 0.6) is 0 Å². The van der Waals surface area contributed by atoms with Crippen molar-refractivity contribution in [3.63, 3.8) is 0 Å². The zero-order chi connectivity index (χ0) is 26.2. The maximum absolute atomic E-state index is 13.8. The molecule has 2 aliphatic rings. The van der Waals surface area contributed by atoms with Gasteiger partial charge < -0.3 is 19.3 Å². The van der Waals surface area contributed by atoms with Crippen molar-refractivity contribution in [3.05, 3.63) is 35.9 Å². The lowest BCUT2D eigenvalue weighted by atomic mass is 9.91. The summed E-state index contributed by atoms with van der Waals surface area (Å²) in [6.45, 7) is 8.19. The van der Waals surface area contributed by atoms with Gasteiger partial charge in [0.15, 0.2) is 0 Å². The minimum Gasteiger partial charge on any atom is -0.465 e. The Bertz CT molecular complexity index is 923. The molecule has 0 aromatic heterocycles. The molecule has 2 saturated heterocycles. The molecule has 9 heteroatoms. The Balaban J connectivity index is 1.77. The standard InChI is InChI=1S/C27H39N3O6/c1-5-35-26(33)22(13-12-20-10-8-7-9-11-20)28-18(3)25(32)30-23(27(34)36-6-2)16-21-14-15-29(19(4)31)17-24(21)30/h7-11,18,21-24,28H,5-6,12-17H2,1-4H3/t18-,21+,22+,23+,24-/m0/s1. The molecule has 0 spiro atoms. The maximum atomic E-state index is 13.8. The lowest BCUT2D eigenvalue weighted by Gasteiger charge is -2.39. The van der Waals surface area contributed by atoms with Crippen LogP contribution in [-0.4, -0.2) is 84.0 Å². The van der Waals surface area contributed by atoms with Gasteiger partial charge in [0.05, 0.1) is 25.3 Å². The van der Waals surface area contributed by atoms with E-state index in [-0.39, 0.29) is 37.0 Å². The molecule has 1 aromatic carbocycles. The number of rotatable bonds is 10. The van der Waals surface area contributed by atoms with Crippen LogP contribution in [0.1, 0.15) is 52.5 Å². The highest BCUT2D eigenvalue weighted by molar-refractivity contribution is 5.89. The number of esters is 2. The van der Waals surface area contributed by atoms with Crippen molar-refractivity contribution in [2.45, 2.75) is 77.5 Å². The number of nitrogens with zero attached hydrogens (tertiary/aromatic N) is 2. The molecule has 2 amide bonds. The average Bonchev–Trinajstić information content (AvgIpc) is 3.25. The summed E-state index contributed by atoms with van der Waals surface area (Å²) in [7, 11) is 0.